The summed E-state index contributed by atoms with van der Waals surface area (Å²) in [4.78, 5) is 16.1. The van der Waals surface area contributed by atoms with Crippen LogP contribution in [-0.4, -0.2) is 55.1 Å². The van der Waals surface area contributed by atoms with Crippen molar-refractivity contribution < 1.29 is 4.79 Å². The molecule has 0 aliphatic carbocycles. The molecule has 2 rings (SSSR count). The monoisotopic (exact) mass is 287 g/mol. The van der Waals surface area contributed by atoms with Crippen LogP contribution < -0.4 is 5.32 Å². The van der Waals surface area contributed by atoms with Crippen molar-refractivity contribution in [2.75, 3.05) is 39.3 Å². The van der Waals surface area contributed by atoms with E-state index < -0.39 is 0 Å². The van der Waals surface area contributed by atoms with Gasteiger partial charge in [-0.1, -0.05) is 49.4 Å². The van der Waals surface area contributed by atoms with E-state index in [-0.39, 0.29) is 6.03 Å². The van der Waals surface area contributed by atoms with Gasteiger partial charge in [-0.2, -0.15) is 0 Å². The van der Waals surface area contributed by atoms with Crippen LogP contribution >= 0.6 is 0 Å². The standard InChI is InChI=1S/C17H25N3O/c1-2-10-18-17(21)20-14-12-19(13-15-20)11-6-9-16-7-4-3-5-8-16/h3-9H,2,10-15H2,1H3,(H,18,21). The molecule has 1 heterocycles. The molecular weight excluding hydrogens is 262 g/mol. The number of benzene rings is 1. The number of amides is 2. The molecule has 2 amide bonds. The molecule has 114 valence electrons. The smallest absolute Gasteiger partial charge is 0.317 e. The second kappa shape index (κ2) is 8.47. The highest BCUT2D eigenvalue weighted by molar-refractivity contribution is 5.74. The predicted octanol–water partition coefficient (Wildman–Crippen LogP) is 2.44. The van der Waals surface area contributed by atoms with E-state index in [0.29, 0.717) is 0 Å². The van der Waals surface area contributed by atoms with Crippen LogP contribution in [0.15, 0.2) is 36.4 Å². The van der Waals surface area contributed by atoms with Crippen molar-refractivity contribution in [3.63, 3.8) is 0 Å². The molecule has 0 aromatic heterocycles. The number of urea groups is 1. The quantitative estimate of drug-likeness (QED) is 0.903. The van der Waals surface area contributed by atoms with Crippen LogP contribution in [0, 0.1) is 0 Å². The van der Waals surface area contributed by atoms with Crippen molar-refractivity contribution in [1.82, 2.24) is 15.1 Å². The second-order valence-corrected chi connectivity index (χ2v) is 5.33. The van der Waals surface area contributed by atoms with E-state index >= 15 is 0 Å². The summed E-state index contributed by atoms with van der Waals surface area (Å²) in [5, 5.41) is 2.94. The Morgan fingerprint density at radius 1 is 1.19 bits per heavy atom. The van der Waals surface area contributed by atoms with Gasteiger partial charge in [0.15, 0.2) is 0 Å². The summed E-state index contributed by atoms with van der Waals surface area (Å²) in [5.41, 5.74) is 1.23. The summed E-state index contributed by atoms with van der Waals surface area (Å²) >= 11 is 0. The fourth-order valence-electron chi connectivity index (χ4n) is 2.38. The van der Waals surface area contributed by atoms with Crippen LogP contribution in [0.3, 0.4) is 0 Å². The largest absolute Gasteiger partial charge is 0.338 e. The minimum Gasteiger partial charge on any atom is -0.338 e. The van der Waals surface area contributed by atoms with Gasteiger partial charge in [-0.15, -0.1) is 0 Å². The highest BCUT2D eigenvalue weighted by atomic mass is 16.2. The van der Waals surface area contributed by atoms with Gasteiger partial charge in [0, 0.05) is 39.3 Å². The summed E-state index contributed by atoms with van der Waals surface area (Å²) in [6.45, 7) is 7.29. The van der Waals surface area contributed by atoms with Gasteiger partial charge in [-0.25, -0.2) is 4.79 Å². The summed E-state index contributed by atoms with van der Waals surface area (Å²) in [5.74, 6) is 0. The van der Waals surface area contributed by atoms with Crippen molar-refractivity contribution in [2.45, 2.75) is 13.3 Å². The molecule has 1 N–H and O–H groups in total. The van der Waals surface area contributed by atoms with Gasteiger partial charge >= 0.3 is 6.03 Å². The highest BCUT2D eigenvalue weighted by Crippen LogP contribution is 2.04. The van der Waals surface area contributed by atoms with Crippen LogP contribution in [-0.2, 0) is 0 Å². The number of carbonyl (C=O) groups excluding carboxylic acids is 1. The van der Waals surface area contributed by atoms with E-state index in [1.807, 2.05) is 23.1 Å². The maximum Gasteiger partial charge on any atom is 0.317 e. The minimum atomic E-state index is 0.0799. The normalized spacial score (nSPS) is 16.3. The second-order valence-electron chi connectivity index (χ2n) is 5.33. The van der Waals surface area contributed by atoms with Crippen molar-refractivity contribution >= 4 is 12.1 Å². The molecule has 0 unspecified atom stereocenters. The average Bonchev–Trinajstić information content (AvgIpc) is 2.54. The zero-order chi connectivity index (χ0) is 14.9. The van der Waals surface area contributed by atoms with Gasteiger partial charge in [-0.05, 0) is 12.0 Å². The molecule has 1 saturated heterocycles. The van der Waals surface area contributed by atoms with Crippen molar-refractivity contribution in [2.24, 2.45) is 0 Å². The lowest BCUT2D eigenvalue weighted by atomic mass is 10.2. The lowest BCUT2D eigenvalue weighted by Crippen LogP contribution is -2.51. The maximum absolute atomic E-state index is 11.8. The van der Waals surface area contributed by atoms with Crippen molar-refractivity contribution in [3.05, 3.63) is 42.0 Å². The predicted molar refractivity (Wildman–Crippen MR) is 87.2 cm³/mol. The number of rotatable bonds is 5. The summed E-state index contributed by atoms with van der Waals surface area (Å²) in [6, 6.07) is 10.4. The lowest BCUT2D eigenvalue weighted by molar-refractivity contribution is 0.147. The molecule has 1 aromatic rings. The molecule has 4 heteroatoms. The summed E-state index contributed by atoms with van der Waals surface area (Å²) in [7, 11) is 0. The molecule has 0 radical (unpaired) electrons. The van der Waals surface area contributed by atoms with Gasteiger partial charge in [0.2, 0.25) is 0 Å². The van der Waals surface area contributed by atoms with E-state index in [0.717, 1.165) is 45.7 Å². The Hall–Kier alpha value is -1.81. The Balaban J connectivity index is 1.69. The molecule has 0 bridgehead atoms. The third-order valence-electron chi connectivity index (χ3n) is 3.66. The highest BCUT2D eigenvalue weighted by Gasteiger charge is 2.19. The minimum absolute atomic E-state index is 0.0799. The van der Waals surface area contributed by atoms with Gasteiger partial charge in [-0.3, -0.25) is 4.90 Å². The zero-order valence-corrected chi connectivity index (χ0v) is 12.8. The van der Waals surface area contributed by atoms with Crippen molar-refractivity contribution in [1.29, 1.82) is 0 Å². The Kier molecular flexibility index (Phi) is 6.28. The van der Waals surface area contributed by atoms with E-state index in [1.165, 1.54) is 5.56 Å². The fraction of sp³-hybridized carbons (Fsp3) is 0.471. The van der Waals surface area contributed by atoms with E-state index in [4.69, 9.17) is 0 Å². The number of nitrogens with one attached hydrogen (secondary N) is 1. The Labute approximate surface area is 127 Å². The van der Waals surface area contributed by atoms with Crippen LogP contribution in [0.4, 0.5) is 4.79 Å². The molecule has 21 heavy (non-hydrogen) atoms. The third kappa shape index (κ3) is 5.23. The Morgan fingerprint density at radius 3 is 2.57 bits per heavy atom. The maximum atomic E-state index is 11.8. The Bertz CT molecular complexity index is 450. The van der Waals surface area contributed by atoms with Crippen LogP contribution in [0.1, 0.15) is 18.9 Å². The molecule has 0 spiro atoms. The topological polar surface area (TPSA) is 35.6 Å². The number of carbonyl (C=O) groups is 1. The van der Waals surface area contributed by atoms with Gasteiger partial charge in [0.1, 0.15) is 0 Å². The molecule has 1 fully saturated rings. The fourth-order valence-corrected chi connectivity index (χ4v) is 2.38. The third-order valence-corrected chi connectivity index (χ3v) is 3.66. The molecule has 4 nitrogen and oxygen atoms in total. The van der Waals surface area contributed by atoms with Crippen LogP contribution in [0.25, 0.3) is 6.08 Å². The van der Waals surface area contributed by atoms with E-state index in [1.54, 1.807) is 0 Å². The number of hydrogen-bond acceptors (Lipinski definition) is 2. The molecule has 1 aliphatic heterocycles. The van der Waals surface area contributed by atoms with Gasteiger partial charge in [0.05, 0.1) is 0 Å². The zero-order valence-electron chi connectivity index (χ0n) is 12.8. The first-order valence-corrected chi connectivity index (χ1v) is 7.76. The first-order chi connectivity index (χ1) is 10.3. The molecule has 1 aliphatic rings. The number of piperazine rings is 1. The first kappa shape index (κ1) is 15.6. The molecule has 0 atom stereocenters. The molecular formula is C17H25N3O. The van der Waals surface area contributed by atoms with E-state index in [9.17, 15) is 4.79 Å². The van der Waals surface area contributed by atoms with Gasteiger partial charge < -0.3 is 10.2 Å². The van der Waals surface area contributed by atoms with Crippen LogP contribution in [0.2, 0.25) is 0 Å². The summed E-state index contributed by atoms with van der Waals surface area (Å²) < 4.78 is 0. The average molecular weight is 287 g/mol. The Morgan fingerprint density at radius 2 is 1.90 bits per heavy atom. The SMILES string of the molecule is CCCNC(=O)N1CCN(CC=Cc2ccccc2)CC1. The van der Waals surface area contributed by atoms with Crippen LogP contribution in [0.5, 0.6) is 0 Å². The first-order valence-electron chi connectivity index (χ1n) is 7.76. The molecule has 1 aromatic carbocycles. The molecule has 0 saturated carbocycles. The number of nitrogens with zero attached hydrogens (tertiary/aromatic N) is 2. The lowest BCUT2D eigenvalue weighted by Gasteiger charge is -2.34. The number of hydrogen-bond donors (Lipinski definition) is 1. The van der Waals surface area contributed by atoms with Crippen molar-refractivity contribution in [3.8, 4) is 0 Å². The summed E-state index contributed by atoms with van der Waals surface area (Å²) in [6.07, 6.45) is 5.33. The van der Waals surface area contributed by atoms with E-state index in [2.05, 4.69) is 41.4 Å². The van der Waals surface area contributed by atoms with Gasteiger partial charge in [0.25, 0.3) is 0 Å².